The van der Waals surface area contributed by atoms with Crippen LogP contribution in [0.1, 0.15) is 12.0 Å². The number of nitrogens with zero attached hydrogens (tertiary/aromatic N) is 1. The summed E-state index contributed by atoms with van der Waals surface area (Å²) in [5, 5.41) is 2.90. The predicted molar refractivity (Wildman–Crippen MR) is 90.0 cm³/mol. The summed E-state index contributed by atoms with van der Waals surface area (Å²) < 4.78 is 10.5. The van der Waals surface area contributed by atoms with Gasteiger partial charge in [0.05, 0.1) is 26.7 Å². The van der Waals surface area contributed by atoms with Gasteiger partial charge in [0.25, 0.3) is 0 Å². The van der Waals surface area contributed by atoms with Crippen molar-refractivity contribution in [1.82, 2.24) is 10.2 Å². The molecular weight excluding hydrogens is 310 g/mol. The fourth-order valence-electron chi connectivity index (χ4n) is 2.85. The highest BCUT2D eigenvalue weighted by Crippen LogP contribution is 2.27. The Labute approximate surface area is 142 Å². The largest absolute Gasteiger partial charge is 0.493 e. The van der Waals surface area contributed by atoms with Crippen molar-refractivity contribution in [1.29, 1.82) is 0 Å². The summed E-state index contributed by atoms with van der Waals surface area (Å²) in [6, 6.07) is 5.71. The van der Waals surface area contributed by atoms with E-state index in [4.69, 9.17) is 15.2 Å². The molecule has 1 aliphatic heterocycles. The van der Waals surface area contributed by atoms with E-state index in [2.05, 4.69) is 5.32 Å². The standard InChI is InChI=1S/C17H25N3O4/c1-23-14-4-3-12(9-15(14)24-2)5-7-19-16(21)11-20-8-6-13(10-20)17(18)22/h3-4,9,13H,5-8,10-11H2,1-2H3,(H2,18,22)(H,19,21). The lowest BCUT2D eigenvalue weighted by atomic mass is 10.1. The minimum absolute atomic E-state index is 0.0411. The van der Waals surface area contributed by atoms with Gasteiger partial charge in [0.1, 0.15) is 0 Å². The monoisotopic (exact) mass is 335 g/mol. The van der Waals surface area contributed by atoms with Crippen molar-refractivity contribution in [3.05, 3.63) is 23.8 Å². The van der Waals surface area contributed by atoms with Gasteiger partial charge in [-0.1, -0.05) is 6.07 Å². The van der Waals surface area contributed by atoms with Crippen LogP contribution in [0.2, 0.25) is 0 Å². The minimum Gasteiger partial charge on any atom is -0.493 e. The predicted octanol–water partition coefficient (Wildman–Crippen LogP) is 0.170. The molecule has 2 amide bonds. The average Bonchev–Trinajstić information content (AvgIpc) is 3.03. The highest BCUT2D eigenvalue weighted by molar-refractivity contribution is 5.79. The maximum Gasteiger partial charge on any atom is 0.234 e. The van der Waals surface area contributed by atoms with Gasteiger partial charge in [-0.25, -0.2) is 0 Å². The van der Waals surface area contributed by atoms with Gasteiger partial charge in [0.2, 0.25) is 11.8 Å². The number of carbonyl (C=O) groups excluding carboxylic acids is 2. The Morgan fingerprint density at radius 1 is 1.29 bits per heavy atom. The van der Waals surface area contributed by atoms with Crippen LogP contribution in [-0.2, 0) is 16.0 Å². The van der Waals surface area contributed by atoms with Crippen molar-refractivity contribution in [2.45, 2.75) is 12.8 Å². The zero-order valence-corrected chi connectivity index (χ0v) is 14.2. The van der Waals surface area contributed by atoms with E-state index in [9.17, 15) is 9.59 Å². The lowest BCUT2D eigenvalue weighted by Crippen LogP contribution is -2.37. The third kappa shape index (κ3) is 4.86. The summed E-state index contributed by atoms with van der Waals surface area (Å²) in [4.78, 5) is 25.1. The van der Waals surface area contributed by atoms with Gasteiger partial charge in [-0.05, 0) is 37.1 Å². The first-order chi connectivity index (χ1) is 11.5. The molecule has 0 aromatic heterocycles. The molecule has 1 unspecified atom stereocenters. The van der Waals surface area contributed by atoms with Gasteiger partial charge in [0, 0.05) is 13.1 Å². The average molecular weight is 335 g/mol. The topological polar surface area (TPSA) is 93.9 Å². The molecule has 2 rings (SSSR count). The number of primary amides is 1. The highest BCUT2D eigenvalue weighted by Gasteiger charge is 2.27. The second-order valence-corrected chi connectivity index (χ2v) is 5.91. The van der Waals surface area contributed by atoms with Crippen molar-refractivity contribution in [2.75, 3.05) is 40.4 Å². The number of hydrogen-bond acceptors (Lipinski definition) is 5. The zero-order chi connectivity index (χ0) is 17.5. The van der Waals surface area contributed by atoms with Gasteiger partial charge in [-0.2, -0.15) is 0 Å². The summed E-state index contributed by atoms with van der Waals surface area (Å²) in [7, 11) is 3.19. The Kier molecular flexibility index (Phi) is 6.43. The molecule has 0 bridgehead atoms. The molecule has 0 aliphatic carbocycles. The maximum atomic E-state index is 12.0. The molecule has 1 aliphatic rings. The van der Waals surface area contributed by atoms with Crippen LogP contribution in [-0.4, -0.2) is 57.1 Å². The normalized spacial score (nSPS) is 17.5. The molecular formula is C17H25N3O4. The number of nitrogens with two attached hydrogens (primary N) is 1. The van der Waals surface area contributed by atoms with Gasteiger partial charge in [0.15, 0.2) is 11.5 Å². The number of carbonyl (C=O) groups is 2. The summed E-state index contributed by atoms with van der Waals surface area (Å²) in [5.41, 5.74) is 6.35. The summed E-state index contributed by atoms with van der Waals surface area (Å²) >= 11 is 0. The molecule has 0 radical (unpaired) electrons. The second-order valence-electron chi connectivity index (χ2n) is 5.91. The zero-order valence-electron chi connectivity index (χ0n) is 14.2. The summed E-state index contributed by atoms with van der Waals surface area (Å²) in [6.45, 7) is 2.15. The second kappa shape index (κ2) is 8.54. The SMILES string of the molecule is COc1ccc(CCNC(=O)CN2CCC(C(N)=O)C2)cc1OC. The minimum atomic E-state index is -0.286. The number of benzene rings is 1. The van der Waals surface area contributed by atoms with E-state index in [1.807, 2.05) is 23.1 Å². The Bertz CT molecular complexity index is 591. The molecule has 24 heavy (non-hydrogen) atoms. The van der Waals surface area contributed by atoms with Crippen LogP contribution in [0.25, 0.3) is 0 Å². The Balaban J connectivity index is 1.74. The van der Waals surface area contributed by atoms with Crippen LogP contribution < -0.4 is 20.5 Å². The van der Waals surface area contributed by atoms with E-state index in [1.54, 1.807) is 14.2 Å². The van der Waals surface area contributed by atoms with Gasteiger partial charge in [-0.15, -0.1) is 0 Å². The molecule has 0 spiro atoms. The first-order valence-electron chi connectivity index (χ1n) is 8.02. The number of rotatable bonds is 8. The molecule has 1 aromatic carbocycles. The Hall–Kier alpha value is -2.28. The van der Waals surface area contributed by atoms with E-state index in [-0.39, 0.29) is 17.7 Å². The van der Waals surface area contributed by atoms with E-state index in [0.29, 0.717) is 37.6 Å². The third-order valence-electron chi connectivity index (χ3n) is 4.23. The molecule has 1 heterocycles. The summed E-state index contributed by atoms with van der Waals surface area (Å²) in [6.07, 6.45) is 1.43. The molecule has 1 aromatic rings. The number of amides is 2. The van der Waals surface area contributed by atoms with Crippen LogP contribution in [0, 0.1) is 5.92 Å². The van der Waals surface area contributed by atoms with Crippen molar-refractivity contribution in [3.8, 4) is 11.5 Å². The Morgan fingerprint density at radius 3 is 2.67 bits per heavy atom. The van der Waals surface area contributed by atoms with Crippen LogP contribution in [0.5, 0.6) is 11.5 Å². The molecule has 0 saturated carbocycles. The first kappa shape index (κ1) is 18.1. The number of ether oxygens (including phenoxy) is 2. The molecule has 132 valence electrons. The lowest BCUT2D eigenvalue weighted by Gasteiger charge is -2.15. The fraction of sp³-hybridized carbons (Fsp3) is 0.529. The fourth-order valence-corrected chi connectivity index (χ4v) is 2.85. The molecule has 1 atom stereocenters. The van der Waals surface area contributed by atoms with E-state index in [0.717, 1.165) is 18.5 Å². The number of likely N-dealkylation sites (tertiary alicyclic amines) is 1. The smallest absolute Gasteiger partial charge is 0.234 e. The Morgan fingerprint density at radius 2 is 2.04 bits per heavy atom. The molecule has 7 heteroatoms. The van der Waals surface area contributed by atoms with Crippen LogP contribution in [0.3, 0.4) is 0 Å². The van der Waals surface area contributed by atoms with Crippen LogP contribution in [0.4, 0.5) is 0 Å². The van der Waals surface area contributed by atoms with Crippen molar-refractivity contribution < 1.29 is 19.1 Å². The van der Waals surface area contributed by atoms with Crippen LogP contribution in [0.15, 0.2) is 18.2 Å². The first-order valence-corrected chi connectivity index (χ1v) is 8.02. The highest BCUT2D eigenvalue weighted by atomic mass is 16.5. The number of nitrogens with one attached hydrogen (secondary N) is 1. The van der Waals surface area contributed by atoms with Gasteiger partial charge < -0.3 is 20.5 Å². The third-order valence-corrected chi connectivity index (χ3v) is 4.23. The van der Waals surface area contributed by atoms with E-state index in [1.165, 1.54) is 0 Å². The summed E-state index contributed by atoms with van der Waals surface area (Å²) in [5.74, 6) is 0.899. The maximum absolute atomic E-state index is 12.0. The van der Waals surface area contributed by atoms with Crippen molar-refractivity contribution >= 4 is 11.8 Å². The molecule has 3 N–H and O–H groups in total. The lowest BCUT2D eigenvalue weighted by molar-refractivity contribution is -0.123. The van der Waals surface area contributed by atoms with Gasteiger partial charge >= 0.3 is 0 Å². The van der Waals surface area contributed by atoms with E-state index < -0.39 is 0 Å². The molecule has 1 saturated heterocycles. The van der Waals surface area contributed by atoms with Crippen molar-refractivity contribution in [3.63, 3.8) is 0 Å². The van der Waals surface area contributed by atoms with Crippen LogP contribution >= 0.6 is 0 Å². The number of hydrogen-bond donors (Lipinski definition) is 2. The quantitative estimate of drug-likeness (QED) is 0.706. The van der Waals surface area contributed by atoms with E-state index >= 15 is 0 Å². The molecule has 7 nitrogen and oxygen atoms in total. The van der Waals surface area contributed by atoms with Gasteiger partial charge in [-0.3, -0.25) is 14.5 Å². The van der Waals surface area contributed by atoms with Crippen molar-refractivity contribution in [2.24, 2.45) is 11.7 Å². The molecule has 1 fully saturated rings. The number of methoxy groups -OCH3 is 2.